The Labute approximate surface area is 175 Å². The van der Waals surface area contributed by atoms with Crippen LogP contribution in [0, 0.1) is 0 Å². The highest BCUT2D eigenvalue weighted by Crippen LogP contribution is 2.21. The predicted molar refractivity (Wildman–Crippen MR) is 114 cm³/mol. The molecule has 3 aromatic rings. The van der Waals surface area contributed by atoms with Gasteiger partial charge in [0.25, 0.3) is 5.91 Å². The summed E-state index contributed by atoms with van der Waals surface area (Å²) in [6, 6.07) is 15.5. The lowest BCUT2D eigenvalue weighted by Gasteiger charge is -2.29. The Balaban J connectivity index is 1.40. The number of aromatic nitrogens is 2. The SMILES string of the molecule is CC(NC(=O)c1cnn(-c2cccc(Cl)c2)c1)c1ccc(N2CCOCC2)cc1. The molecule has 1 aromatic heterocycles. The van der Waals surface area contributed by atoms with Gasteiger partial charge in [-0.25, -0.2) is 4.68 Å². The number of amides is 1. The van der Waals surface area contributed by atoms with Crippen LogP contribution in [-0.4, -0.2) is 42.0 Å². The summed E-state index contributed by atoms with van der Waals surface area (Å²) in [5, 5.41) is 7.93. The summed E-state index contributed by atoms with van der Waals surface area (Å²) in [5.74, 6) is -0.164. The quantitative estimate of drug-likeness (QED) is 0.694. The standard InChI is InChI=1S/C22H23ClN4O2/c1-16(17-5-7-20(8-6-17)26-9-11-29-12-10-26)25-22(28)18-14-24-27(15-18)21-4-2-3-19(23)13-21/h2-8,13-16H,9-12H2,1H3,(H,25,28). The van der Waals surface area contributed by atoms with Gasteiger partial charge in [-0.2, -0.15) is 5.10 Å². The van der Waals surface area contributed by atoms with Crippen molar-refractivity contribution in [2.45, 2.75) is 13.0 Å². The number of anilines is 1. The minimum Gasteiger partial charge on any atom is -0.378 e. The highest BCUT2D eigenvalue weighted by molar-refractivity contribution is 6.30. The molecule has 0 bridgehead atoms. The summed E-state index contributed by atoms with van der Waals surface area (Å²) in [7, 11) is 0. The fraction of sp³-hybridized carbons (Fsp3) is 0.273. The number of hydrogen-bond acceptors (Lipinski definition) is 4. The lowest BCUT2D eigenvalue weighted by Crippen LogP contribution is -2.36. The molecular weight excluding hydrogens is 388 g/mol. The van der Waals surface area contributed by atoms with Gasteiger partial charge in [0.2, 0.25) is 0 Å². The summed E-state index contributed by atoms with van der Waals surface area (Å²) in [5.41, 5.74) is 3.54. The first-order valence-corrected chi connectivity index (χ1v) is 10.0. The Morgan fingerprint density at radius 3 is 2.62 bits per heavy atom. The molecule has 1 atom stereocenters. The lowest BCUT2D eigenvalue weighted by atomic mass is 10.1. The third kappa shape index (κ3) is 4.60. The number of ether oxygens (including phenoxy) is 1. The molecule has 0 radical (unpaired) electrons. The number of nitrogens with one attached hydrogen (secondary N) is 1. The zero-order valence-corrected chi connectivity index (χ0v) is 17.0. The minimum atomic E-state index is -0.164. The average Bonchev–Trinajstić information content (AvgIpc) is 3.25. The second-order valence-electron chi connectivity index (χ2n) is 7.04. The summed E-state index contributed by atoms with van der Waals surface area (Å²) in [6.07, 6.45) is 3.26. The zero-order valence-electron chi connectivity index (χ0n) is 16.2. The Kier molecular flexibility index (Phi) is 5.83. The van der Waals surface area contributed by atoms with Crippen LogP contribution in [0.2, 0.25) is 5.02 Å². The van der Waals surface area contributed by atoms with Crippen molar-refractivity contribution in [1.82, 2.24) is 15.1 Å². The zero-order chi connectivity index (χ0) is 20.2. The number of halogens is 1. The Hall–Kier alpha value is -2.83. The van der Waals surface area contributed by atoms with Crippen molar-refractivity contribution >= 4 is 23.2 Å². The van der Waals surface area contributed by atoms with Crippen molar-refractivity contribution in [3.8, 4) is 5.69 Å². The number of nitrogens with zero attached hydrogens (tertiary/aromatic N) is 3. The van der Waals surface area contributed by atoms with E-state index < -0.39 is 0 Å². The van der Waals surface area contributed by atoms with Gasteiger partial charge in [-0.1, -0.05) is 29.8 Å². The molecule has 2 heterocycles. The molecule has 1 N–H and O–H groups in total. The molecule has 150 valence electrons. The molecule has 2 aromatic carbocycles. The molecule has 0 saturated carbocycles. The van der Waals surface area contributed by atoms with Gasteiger partial charge in [0.1, 0.15) is 0 Å². The first kappa shape index (κ1) is 19.5. The fourth-order valence-electron chi connectivity index (χ4n) is 3.36. The minimum absolute atomic E-state index is 0.115. The van der Waals surface area contributed by atoms with Crippen LogP contribution in [0.1, 0.15) is 28.9 Å². The van der Waals surface area contributed by atoms with E-state index >= 15 is 0 Å². The Morgan fingerprint density at radius 1 is 1.14 bits per heavy atom. The lowest BCUT2D eigenvalue weighted by molar-refractivity contribution is 0.0940. The van der Waals surface area contributed by atoms with Crippen LogP contribution in [0.4, 0.5) is 5.69 Å². The molecule has 0 spiro atoms. The molecule has 7 heteroatoms. The largest absolute Gasteiger partial charge is 0.378 e. The van der Waals surface area contributed by atoms with Gasteiger partial charge in [-0.05, 0) is 42.8 Å². The van der Waals surface area contributed by atoms with Crippen LogP contribution >= 0.6 is 11.6 Å². The van der Waals surface area contributed by atoms with Crippen molar-refractivity contribution < 1.29 is 9.53 Å². The average molecular weight is 411 g/mol. The van der Waals surface area contributed by atoms with E-state index in [1.165, 1.54) is 5.69 Å². The van der Waals surface area contributed by atoms with E-state index in [-0.39, 0.29) is 11.9 Å². The first-order chi connectivity index (χ1) is 14.1. The second-order valence-corrected chi connectivity index (χ2v) is 7.48. The maximum absolute atomic E-state index is 12.6. The smallest absolute Gasteiger partial charge is 0.254 e. The number of carbonyl (C=O) groups is 1. The summed E-state index contributed by atoms with van der Waals surface area (Å²) in [6.45, 7) is 5.31. The van der Waals surface area contributed by atoms with E-state index in [0.717, 1.165) is 37.6 Å². The maximum Gasteiger partial charge on any atom is 0.254 e. The molecule has 6 nitrogen and oxygen atoms in total. The van der Waals surface area contributed by atoms with E-state index in [4.69, 9.17) is 16.3 Å². The molecule has 29 heavy (non-hydrogen) atoms. The fourth-order valence-corrected chi connectivity index (χ4v) is 3.54. The van der Waals surface area contributed by atoms with E-state index in [0.29, 0.717) is 10.6 Å². The molecule has 1 aliphatic rings. The van der Waals surface area contributed by atoms with E-state index in [1.54, 1.807) is 29.2 Å². The summed E-state index contributed by atoms with van der Waals surface area (Å²) < 4.78 is 7.04. The Bertz CT molecular complexity index is 980. The molecule has 1 amide bonds. The van der Waals surface area contributed by atoms with Gasteiger partial charge in [-0.15, -0.1) is 0 Å². The van der Waals surface area contributed by atoms with Crippen LogP contribution in [0.15, 0.2) is 60.9 Å². The van der Waals surface area contributed by atoms with Crippen LogP contribution in [0.3, 0.4) is 0 Å². The van der Waals surface area contributed by atoms with Crippen molar-refractivity contribution in [2.75, 3.05) is 31.2 Å². The Morgan fingerprint density at radius 2 is 1.90 bits per heavy atom. The van der Waals surface area contributed by atoms with Crippen LogP contribution < -0.4 is 10.2 Å². The van der Waals surface area contributed by atoms with E-state index in [1.807, 2.05) is 19.1 Å². The van der Waals surface area contributed by atoms with Crippen molar-refractivity contribution in [3.05, 3.63) is 77.1 Å². The number of carbonyl (C=O) groups excluding carboxylic acids is 1. The second kappa shape index (κ2) is 8.68. The molecule has 1 saturated heterocycles. The van der Waals surface area contributed by atoms with Gasteiger partial charge < -0.3 is 15.0 Å². The van der Waals surface area contributed by atoms with E-state index in [2.05, 4.69) is 39.6 Å². The monoisotopic (exact) mass is 410 g/mol. The molecule has 1 fully saturated rings. The first-order valence-electron chi connectivity index (χ1n) is 9.64. The third-order valence-electron chi connectivity index (χ3n) is 5.03. The van der Waals surface area contributed by atoms with Crippen molar-refractivity contribution in [2.24, 2.45) is 0 Å². The molecule has 4 rings (SSSR count). The molecule has 1 unspecified atom stereocenters. The van der Waals surface area contributed by atoms with Crippen LogP contribution in [-0.2, 0) is 4.74 Å². The van der Waals surface area contributed by atoms with Gasteiger partial charge >= 0.3 is 0 Å². The van der Waals surface area contributed by atoms with Gasteiger partial charge in [0, 0.05) is 30.0 Å². The summed E-state index contributed by atoms with van der Waals surface area (Å²) in [4.78, 5) is 14.9. The topological polar surface area (TPSA) is 59.4 Å². The highest BCUT2D eigenvalue weighted by atomic mass is 35.5. The molecule has 1 aliphatic heterocycles. The third-order valence-corrected chi connectivity index (χ3v) is 5.27. The normalized spacial score (nSPS) is 15.2. The predicted octanol–water partition coefficient (Wildman–Crippen LogP) is 3.85. The van der Waals surface area contributed by atoms with Crippen molar-refractivity contribution in [3.63, 3.8) is 0 Å². The maximum atomic E-state index is 12.6. The number of morpholine rings is 1. The van der Waals surface area contributed by atoms with E-state index in [9.17, 15) is 4.79 Å². The number of hydrogen-bond donors (Lipinski definition) is 1. The van der Waals surface area contributed by atoms with Crippen molar-refractivity contribution in [1.29, 1.82) is 0 Å². The number of rotatable bonds is 5. The van der Waals surface area contributed by atoms with Gasteiger partial charge in [0.05, 0.1) is 36.7 Å². The summed E-state index contributed by atoms with van der Waals surface area (Å²) >= 11 is 6.03. The van der Waals surface area contributed by atoms with Crippen LogP contribution in [0.5, 0.6) is 0 Å². The molecular formula is C22H23ClN4O2. The van der Waals surface area contributed by atoms with Crippen LogP contribution in [0.25, 0.3) is 5.69 Å². The van der Waals surface area contributed by atoms with Gasteiger partial charge in [-0.3, -0.25) is 4.79 Å². The highest BCUT2D eigenvalue weighted by Gasteiger charge is 2.15. The number of benzene rings is 2. The molecule has 0 aliphatic carbocycles. The van der Waals surface area contributed by atoms with Gasteiger partial charge in [0.15, 0.2) is 0 Å².